The largest absolute Gasteiger partial charge is 0.338 e. The predicted octanol–water partition coefficient (Wildman–Crippen LogP) is 1.22. The molecule has 1 aromatic rings. The van der Waals surface area contributed by atoms with Crippen molar-refractivity contribution >= 4 is 0 Å². The minimum atomic E-state index is -0.148. The van der Waals surface area contributed by atoms with Crippen LogP contribution in [0, 0.1) is 5.92 Å². The molecule has 0 aliphatic heterocycles. The van der Waals surface area contributed by atoms with E-state index in [1.54, 1.807) is 0 Å². The van der Waals surface area contributed by atoms with Crippen LogP contribution < -0.4 is 5.73 Å². The molecule has 1 heterocycles. The number of nitrogens with zero attached hydrogens (tertiary/aromatic N) is 3. The van der Waals surface area contributed by atoms with Gasteiger partial charge in [0, 0.05) is 13.0 Å². The number of hydrogen-bond acceptors (Lipinski definition) is 5. The maximum atomic E-state index is 6.01. The zero-order valence-corrected chi connectivity index (χ0v) is 10.6. The number of nitrogens with two attached hydrogens (primary N) is 1. The molecule has 1 rings (SSSR count). The summed E-state index contributed by atoms with van der Waals surface area (Å²) in [5, 5.41) is 3.93. The quantitative estimate of drug-likeness (QED) is 0.790. The lowest BCUT2D eigenvalue weighted by Crippen LogP contribution is -2.19. The van der Waals surface area contributed by atoms with E-state index in [0.717, 1.165) is 25.2 Å². The summed E-state index contributed by atoms with van der Waals surface area (Å²) in [5.41, 5.74) is 6.01. The molecule has 0 saturated carbocycles. The molecule has 16 heavy (non-hydrogen) atoms. The fourth-order valence-electron chi connectivity index (χ4n) is 1.33. The van der Waals surface area contributed by atoms with Gasteiger partial charge in [0.25, 0.3) is 0 Å². The highest BCUT2D eigenvalue weighted by Gasteiger charge is 2.19. The fraction of sp³-hybridized carbons (Fsp3) is 0.818. The van der Waals surface area contributed by atoms with Crippen LogP contribution in [-0.4, -0.2) is 35.7 Å². The molecule has 1 aromatic heterocycles. The predicted molar refractivity (Wildman–Crippen MR) is 62.9 cm³/mol. The highest BCUT2D eigenvalue weighted by atomic mass is 16.5. The van der Waals surface area contributed by atoms with Gasteiger partial charge in [0.15, 0.2) is 5.82 Å². The molecule has 0 amide bonds. The van der Waals surface area contributed by atoms with E-state index in [2.05, 4.69) is 28.9 Å². The third-order valence-corrected chi connectivity index (χ3v) is 2.81. The topological polar surface area (TPSA) is 68.2 Å². The number of likely N-dealkylation sites (N-methyl/N-ethyl adjacent to an activating group) is 1. The highest BCUT2D eigenvalue weighted by Crippen LogP contribution is 2.19. The maximum absolute atomic E-state index is 6.01. The van der Waals surface area contributed by atoms with Gasteiger partial charge in [-0.05, 0) is 20.0 Å². The SMILES string of the molecule is CC[C@H](C)[C@H](N)c1nc(CCN(C)C)no1. The Labute approximate surface area is 97.0 Å². The van der Waals surface area contributed by atoms with Gasteiger partial charge < -0.3 is 15.2 Å². The van der Waals surface area contributed by atoms with Crippen LogP contribution in [0.4, 0.5) is 0 Å². The Morgan fingerprint density at radius 2 is 2.12 bits per heavy atom. The van der Waals surface area contributed by atoms with Gasteiger partial charge in [-0.15, -0.1) is 0 Å². The van der Waals surface area contributed by atoms with Crippen LogP contribution in [0.5, 0.6) is 0 Å². The Morgan fingerprint density at radius 3 is 2.69 bits per heavy atom. The van der Waals surface area contributed by atoms with Crippen molar-refractivity contribution in [3.8, 4) is 0 Å². The third-order valence-electron chi connectivity index (χ3n) is 2.81. The van der Waals surface area contributed by atoms with Gasteiger partial charge in [0.05, 0.1) is 6.04 Å². The van der Waals surface area contributed by atoms with Gasteiger partial charge in [0.2, 0.25) is 5.89 Å². The average molecular weight is 226 g/mol. The molecule has 0 aliphatic rings. The van der Waals surface area contributed by atoms with Crippen molar-refractivity contribution in [2.24, 2.45) is 11.7 Å². The second kappa shape index (κ2) is 5.96. The van der Waals surface area contributed by atoms with E-state index in [4.69, 9.17) is 10.3 Å². The maximum Gasteiger partial charge on any atom is 0.243 e. The Hall–Kier alpha value is -0.940. The molecule has 92 valence electrons. The van der Waals surface area contributed by atoms with Gasteiger partial charge >= 0.3 is 0 Å². The molecule has 0 aliphatic carbocycles. The molecule has 0 fully saturated rings. The smallest absolute Gasteiger partial charge is 0.243 e. The van der Waals surface area contributed by atoms with Crippen molar-refractivity contribution in [2.45, 2.75) is 32.7 Å². The number of aromatic nitrogens is 2. The first kappa shape index (κ1) is 13.1. The van der Waals surface area contributed by atoms with E-state index in [-0.39, 0.29) is 6.04 Å². The summed E-state index contributed by atoms with van der Waals surface area (Å²) >= 11 is 0. The summed E-state index contributed by atoms with van der Waals surface area (Å²) in [4.78, 5) is 6.41. The van der Waals surface area contributed by atoms with Crippen LogP contribution in [-0.2, 0) is 6.42 Å². The minimum absolute atomic E-state index is 0.148. The van der Waals surface area contributed by atoms with Gasteiger partial charge in [-0.1, -0.05) is 25.4 Å². The van der Waals surface area contributed by atoms with Gasteiger partial charge in [-0.3, -0.25) is 0 Å². The second-order valence-corrected chi connectivity index (χ2v) is 4.51. The summed E-state index contributed by atoms with van der Waals surface area (Å²) in [7, 11) is 4.04. The Kier molecular flexibility index (Phi) is 4.89. The zero-order chi connectivity index (χ0) is 12.1. The molecule has 0 aromatic carbocycles. The van der Waals surface area contributed by atoms with Crippen LogP contribution in [0.15, 0.2) is 4.52 Å². The zero-order valence-electron chi connectivity index (χ0n) is 10.6. The van der Waals surface area contributed by atoms with Crippen LogP contribution in [0.25, 0.3) is 0 Å². The monoisotopic (exact) mass is 226 g/mol. The fourth-order valence-corrected chi connectivity index (χ4v) is 1.33. The van der Waals surface area contributed by atoms with Crippen LogP contribution in [0.3, 0.4) is 0 Å². The van der Waals surface area contributed by atoms with Crippen molar-refractivity contribution in [2.75, 3.05) is 20.6 Å². The lowest BCUT2D eigenvalue weighted by molar-refractivity contribution is 0.309. The standard InChI is InChI=1S/C11H22N4O/c1-5-8(2)10(12)11-13-9(14-16-11)6-7-15(3)4/h8,10H,5-7,12H2,1-4H3/t8-,10-/m0/s1. The molecule has 0 unspecified atom stereocenters. The Morgan fingerprint density at radius 1 is 1.44 bits per heavy atom. The normalized spacial score (nSPS) is 15.4. The third kappa shape index (κ3) is 3.57. The molecule has 5 nitrogen and oxygen atoms in total. The van der Waals surface area contributed by atoms with E-state index in [0.29, 0.717) is 11.8 Å². The second-order valence-electron chi connectivity index (χ2n) is 4.51. The van der Waals surface area contributed by atoms with E-state index in [9.17, 15) is 0 Å². The Balaban J connectivity index is 2.57. The molecule has 5 heteroatoms. The first-order valence-corrected chi connectivity index (χ1v) is 5.77. The number of rotatable bonds is 6. The molecule has 2 N–H and O–H groups in total. The lowest BCUT2D eigenvalue weighted by Gasteiger charge is -2.13. The van der Waals surface area contributed by atoms with Crippen LogP contribution >= 0.6 is 0 Å². The first-order valence-electron chi connectivity index (χ1n) is 5.77. The molecule has 0 bridgehead atoms. The highest BCUT2D eigenvalue weighted by molar-refractivity contribution is 4.93. The molecule has 2 atom stereocenters. The summed E-state index contributed by atoms with van der Waals surface area (Å²) in [6.07, 6.45) is 1.81. The number of hydrogen-bond donors (Lipinski definition) is 1. The van der Waals surface area contributed by atoms with Crippen molar-refractivity contribution in [3.63, 3.8) is 0 Å². The molecular weight excluding hydrogens is 204 g/mol. The van der Waals surface area contributed by atoms with Crippen molar-refractivity contribution in [3.05, 3.63) is 11.7 Å². The van der Waals surface area contributed by atoms with E-state index >= 15 is 0 Å². The van der Waals surface area contributed by atoms with Crippen LogP contribution in [0.2, 0.25) is 0 Å². The van der Waals surface area contributed by atoms with Crippen molar-refractivity contribution < 1.29 is 4.52 Å². The van der Waals surface area contributed by atoms with E-state index in [1.165, 1.54) is 0 Å². The first-order chi connectivity index (χ1) is 7.54. The molecule has 0 saturated heterocycles. The minimum Gasteiger partial charge on any atom is -0.338 e. The van der Waals surface area contributed by atoms with Gasteiger partial charge in [-0.25, -0.2) is 0 Å². The summed E-state index contributed by atoms with van der Waals surface area (Å²) in [6.45, 7) is 5.11. The van der Waals surface area contributed by atoms with Crippen LogP contribution in [0.1, 0.15) is 38.0 Å². The Bertz CT molecular complexity index is 311. The summed E-state index contributed by atoms with van der Waals surface area (Å²) < 4.78 is 5.18. The molecule has 0 radical (unpaired) electrons. The average Bonchev–Trinajstić information content (AvgIpc) is 2.72. The molecule has 0 spiro atoms. The lowest BCUT2D eigenvalue weighted by atomic mass is 10.0. The van der Waals surface area contributed by atoms with E-state index < -0.39 is 0 Å². The summed E-state index contributed by atoms with van der Waals surface area (Å²) in [5.74, 6) is 1.66. The van der Waals surface area contributed by atoms with Crippen molar-refractivity contribution in [1.82, 2.24) is 15.0 Å². The van der Waals surface area contributed by atoms with Gasteiger partial charge in [-0.2, -0.15) is 4.98 Å². The van der Waals surface area contributed by atoms with Gasteiger partial charge in [0.1, 0.15) is 0 Å². The van der Waals surface area contributed by atoms with E-state index in [1.807, 2.05) is 14.1 Å². The summed E-state index contributed by atoms with van der Waals surface area (Å²) in [6, 6.07) is -0.148. The van der Waals surface area contributed by atoms with Crippen molar-refractivity contribution in [1.29, 1.82) is 0 Å². The molecular formula is C11H22N4O.